The van der Waals surface area contributed by atoms with Crippen LogP contribution in [0.4, 0.5) is 0 Å². The molecular formula is C14H26N4S. The van der Waals surface area contributed by atoms with Crippen LogP contribution in [0, 0.1) is 6.92 Å². The highest BCUT2D eigenvalue weighted by Crippen LogP contribution is 2.11. The van der Waals surface area contributed by atoms with Gasteiger partial charge in [-0.05, 0) is 39.5 Å². The minimum Gasteiger partial charge on any atom is -0.357 e. The number of guanidine groups is 1. The first-order chi connectivity index (χ1) is 9.26. The lowest BCUT2D eigenvalue weighted by Gasteiger charge is -2.10. The van der Waals surface area contributed by atoms with Crippen molar-refractivity contribution < 1.29 is 0 Å². The van der Waals surface area contributed by atoms with Gasteiger partial charge >= 0.3 is 0 Å². The van der Waals surface area contributed by atoms with E-state index in [0.29, 0.717) is 0 Å². The zero-order chi connectivity index (χ0) is 13.9. The highest BCUT2D eigenvalue weighted by Gasteiger charge is 1.99. The summed E-state index contributed by atoms with van der Waals surface area (Å²) in [6.07, 6.45) is 4.49. The number of hydrogen-bond donors (Lipinski definition) is 2. The van der Waals surface area contributed by atoms with Gasteiger partial charge in [0.25, 0.3) is 0 Å². The molecule has 1 aromatic heterocycles. The average molecular weight is 282 g/mol. The van der Waals surface area contributed by atoms with E-state index in [9.17, 15) is 0 Å². The van der Waals surface area contributed by atoms with Gasteiger partial charge in [-0.15, -0.1) is 11.3 Å². The molecule has 19 heavy (non-hydrogen) atoms. The molecule has 0 aliphatic carbocycles. The molecule has 0 spiro atoms. The largest absolute Gasteiger partial charge is 0.357 e. The number of nitrogens with one attached hydrogen (secondary N) is 2. The summed E-state index contributed by atoms with van der Waals surface area (Å²) in [4.78, 5) is 8.95. The van der Waals surface area contributed by atoms with Crippen LogP contribution in [0.5, 0.6) is 0 Å². The summed E-state index contributed by atoms with van der Waals surface area (Å²) < 4.78 is 0. The quantitative estimate of drug-likeness (QED) is 0.438. The SMILES string of the molecule is CCCN=C(NCC)NCCCCc1nc(C)cs1. The van der Waals surface area contributed by atoms with Gasteiger partial charge in [0, 0.05) is 30.7 Å². The first-order valence-corrected chi connectivity index (χ1v) is 8.07. The summed E-state index contributed by atoms with van der Waals surface area (Å²) >= 11 is 1.77. The van der Waals surface area contributed by atoms with Crippen LogP contribution in [0.25, 0.3) is 0 Å². The Morgan fingerprint density at radius 2 is 2.16 bits per heavy atom. The van der Waals surface area contributed by atoms with Crippen molar-refractivity contribution in [2.24, 2.45) is 4.99 Å². The van der Waals surface area contributed by atoms with E-state index in [0.717, 1.165) is 50.6 Å². The Morgan fingerprint density at radius 1 is 1.32 bits per heavy atom. The van der Waals surface area contributed by atoms with Gasteiger partial charge < -0.3 is 10.6 Å². The number of aromatic nitrogens is 1. The van der Waals surface area contributed by atoms with Gasteiger partial charge in [-0.1, -0.05) is 6.92 Å². The van der Waals surface area contributed by atoms with Crippen LogP contribution in [-0.4, -0.2) is 30.6 Å². The topological polar surface area (TPSA) is 49.3 Å². The molecule has 108 valence electrons. The molecule has 2 N–H and O–H groups in total. The maximum atomic E-state index is 4.48. The molecule has 0 fully saturated rings. The Morgan fingerprint density at radius 3 is 2.79 bits per heavy atom. The van der Waals surface area contributed by atoms with E-state index < -0.39 is 0 Å². The van der Waals surface area contributed by atoms with Crippen molar-refractivity contribution in [1.82, 2.24) is 15.6 Å². The summed E-state index contributed by atoms with van der Waals surface area (Å²) in [5, 5.41) is 10.00. The molecule has 0 unspecified atom stereocenters. The third kappa shape index (κ3) is 7.15. The monoisotopic (exact) mass is 282 g/mol. The van der Waals surface area contributed by atoms with Gasteiger partial charge in [0.15, 0.2) is 5.96 Å². The molecule has 1 aromatic rings. The van der Waals surface area contributed by atoms with Gasteiger partial charge in [-0.3, -0.25) is 4.99 Å². The Hall–Kier alpha value is -1.10. The van der Waals surface area contributed by atoms with Gasteiger partial charge in [-0.2, -0.15) is 0 Å². The molecule has 0 saturated carbocycles. The van der Waals surface area contributed by atoms with E-state index in [-0.39, 0.29) is 0 Å². The minimum absolute atomic E-state index is 0.883. The smallest absolute Gasteiger partial charge is 0.191 e. The van der Waals surface area contributed by atoms with E-state index in [2.05, 4.69) is 46.8 Å². The Balaban J connectivity index is 2.14. The van der Waals surface area contributed by atoms with Crippen molar-refractivity contribution in [1.29, 1.82) is 0 Å². The number of rotatable bonds is 8. The fourth-order valence-corrected chi connectivity index (χ4v) is 2.51. The number of nitrogens with zero attached hydrogens (tertiary/aromatic N) is 2. The van der Waals surface area contributed by atoms with Gasteiger partial charge in [0.2, 0.25) is 0 Å². The molecule has 0 aromatic carbocycles. The van der Waals surface area contributed by atoms with Crippen molar-refractivity contribution in [2.75, 3.05) is 19.6 Å². The predicted octanol–water partition coefficient (Wildman–Crippen LogP) is 2.74. The van der Waals surface area contributed by atoms with Gasteiger partial charge in [0.1, 0.15) is 0 Å². The predicted molar refractivity (Wildman–Crippen MR) is 84.1 cm³/mol. The third-order valence-corrected chi connectivity index (χ3v) is 3.64. The molecule has 0 aliphatic heterocycles. The number of aryl methyl sites for hydroxylation is 2. The molecule has 1 heterocycles. The fraction of sp³-hybridized carbons (Fsp3) is 0.714. The summed E-state index contributed by atoms with van der Waals surface area (Å²) in [6, 6.07) is 0. The number of unbranched alkanes of at least 4 members (excludes halogenated alkanes) is 1. The fourth-order valence-electron chi connectivity index (χ4n) is 1.69. The third-order valence-electron chi connectivity index (χ3n) is 2.61. The molecule has 5 heteroatoms. The van der Waals surface area contributed by atoms with Crippen LogP contribution in [0.15, 0.2) is 10.4 Å². The second-order valence-corrected chi connectivity index (χ2v) is 5.47. The van der Waals surface area contributed by atoms with Gasteiger partial charge in [0.05, 0.1) is 5.01 Å². The molecule has 0 atom stereocenters. The van der Waals surface area contributed by atoms with Crippen LogP contribution in [-0.2, 0) is 6.42 Å². The van der Waals surface area contributed by atoms with Crippen molar-refractivity contribution in [2.45, 2.75) is 46.5 Å². The maximum Gasteiger partial charge on any atom is 0.191 e. The second kappa shape index (κ2) is 9.78. The second-order valence-electron chi connectivity index (χ2n) is 4.53. The van der Waals surface area contributed by atoms with Crippen LogP contribution in [0.2, 0.25) is 0 Å². The Kier molecular flexibility index (Phi) is 8.21. The summed E-state index contributed by atoms with van der Waals surface area (Å²) in [5.74, 6) is 0.939. The van der Waals surface area contributed by atoms with Crippen molar-refractivity contribution in [3.63, 3.8) is 0 Å². The first kappa shape index (κ1) is 16.0. The molecule has 0 saturated heterocycles. The standard InChI is InChI=1S/C14H26N4S/c1-4-9-16-14(15-5-2)17-10-7-6-8-13-18-12(3)11-19-13/h11H,4-10H2,1-3H3,(H2,15,16,17). The lowest BCUT2D eigenvalue weighted by molar-refractivity contribution is 0.692. The Labute approximate surface area is 120 Å². The van der Waals surface area contributed by atoms with Crippen LogP contribution in [0.1, 0.15) is 43.8 Å². The van der Waals surface area contributed by atoms with Crippen LogP contribution >= 0.6 is 11.3 Å². The summed E-state index contributed by atoms with van der Waals surface area (Å²) in [5.41, 5.74) is 1.14. The van der Waals surface area contributed by atoms with Crippen LogP contribution < -0.4 is 10.6 Å². The zero-order valence-electron chi connectivity index (χ0n) is 12.3. The lowest BCUT2D eigenvalue weighted by Crippen LogP contribution is -2.37. The average Bonchev–Trinajstić information content (AvgIpc) is 2.81. The summed E-state index contributed by atoms with van der Waals surface area (Å²) in [7, 11) is 0. The van der Waals surface area contributed by atoms with Crippen molar-refractivity contribution in [3.05, 3.63) is 16.1 Å². The molecule has 4 nitrogen and oxygen atoms in total. The number of aliphatic imine (C=N–C) groups is 1. The molecule has 0 aliphatic rings. The molecular weight excluding hydrogens is 256 g/mol. The molecule has 1 rings (SSSR count). The highest BCUT2D eigenvalue weighted by atomic mass is 32.1. The van der Waals surface area contributed by atoms with Crippen molar-refractivity contribution in [3.8, 4) is 0 Å². The summed E-state index contributed by atoms with van der Waals surface area (Å²) in [6.45, 7) is 9.05. The maximum absolute atomic E-state index is 4.48. The van der Waals surface area contributed by atoms with E-state index >= 15 is 0 Å². The first-order valence-electron chi connectivity index (χ1n) is 7.19. The number of thiazole rings is 1. The highest BCUT2D eigenvalue weighted by molar-refractivity contribution is 7.09. The van der Waals surface area contributed by atoms with Crippen LogP contribution in [0.3, 0.4) is 0 Å². The Bertz CT molecular complexity index is 373. The number of hydrogen-bond acceptors (Lipinski definition) is 3. The molecule has 0 radical (unpaired) electrons. The van der Waals surface area contributed by atoms with Crippen molar-refractivity contribution >= 4 is 17.3 Å². The van der Waals surface area contributed by atoms with E-state index in [4.69, 9.17) is 0 Å². The van der Waals surface area contributed by atoms with E-state index in [1.165, 1.54) is 11.4 Å². The molecule has 0 bridgehead atoms. The van der Waals surface area contributed by atoms with E-state index in [1.54, 1.807) is 11.3 Å². The lowest BCUT2D eigenvalue weighted by atomic mass is 10.2. The zero-order valence-corrected chi connectivity index (χ0v) is 13.1. The normalized spacial score (nSPS) is 11.6. The molecule has 0 amide bonds. The van der Waals surface area contributed by atoms with Gasteiger partial charge in [-0.25, -0.2) is 4.98 Å². The minimum atomic E-state index is 0.883. The van der Waals surface area contributed by atoms with E-state index in [1.807, 2.05) is 0 Å².